The van der Waals surface area contributed by atoms with Crippen LogP contribution in [0, 0.1) is 10.5 Å². The zero-order valence-electron chi connectivity index (χ0n) is 9.02. The molecule has 0 aliphatic heterocycles. The zero-order valence-corrected chi connectivity index (χ0v) is 12.8. The van der Waals surface area contributed by atoms with Gasteiger partial charge in [0, 0.05) is 16.9 Å². The van der Waals surface area contributed by atoms with Crippen LogP contribution in [0.25, 0.3) is 0 Å². The summed E-state index contributed by atoms with van der Waals surface area (Å²) in [6.07, 6.45) is 5.02. The first-order valence-corrected chi connectivity index (χ1v) is 6.76. The molecule has 0 aromatic carbocycles. The van der Waals surface area contributed by atoms with Crippen LogP contribution in [0.5, 0.6) is 0 Å². The lowest BCUT2D eigenvalue weighted by Gasteiger charge is -2.06. The number of hydrogen-bond acceptors (Lipinski definition) is 3. The minimum absolute atomic E-state index is 0.0157. The molecule has 2 aromatic heterocycles. The quantitative estimate of drug-likeness (QED) is 0.720. The average Bonchev–Trinajstić information content (AvgIpc) is 2.30. The molecule has 2 rings (SSSR count). The van der Waals surface area contributed by atoms with E-state index in [4.69, 9.17) is 0 Å². The van der Waals surface area contributed by atoms with Crippen molar-refractivity contribution in [3.8, 4) is 0 Å². The molecule has 0 saturated carbocycles. The smallest absolute Gasteiger partial charge is 0.267 e. The molecule has 0 N–H and O–H groups in total. The van der Waals surface area contributed by atoms with Crippen LogP contribution in [-0.4, -0.2) is 14.5 Å². The van der Waals surface area contributed by atoms with Gasteiger partial charge in [0.05, 0.1) is 22.1 Å². The normalized spacial score (nSPS) is 10.5. The molecule has 6 heteroatoms. The molecule has 17 heavy (non-hydrogen) atoms. The highest BCUT2D eigenvalue weighted by molar-refractivity contribution is 14.1. The maximum Gasteiger partial charge on any atom is 0.267 e. The van der Waals surface area contributed by atoms with Gasteiger partial charge in [0.25, 0.3) is 5.56 Å². The minimum Gasteiger partial charge on any atom is -0.294 e. The summed E-state index contributed by atoms with van der Waals surface area (Å²) in [5.41, 5.74) is 1.71. The Kier molecular flexibility index (Phi) is 3.93. The molecule has 0 amide bonds. The Hall–Kier alpha value is -0.760. The van der Waals surface area contributed by atoms with Gasteiger partial charge in [0.1, 0.15) is 0 Å². The van der Waals surface area contributed by atoms with Gasteiger partial charge >= 0.3 is 0 Å². The number of nitrogens with zero attached hydrogens (tertiary/aromatic N) is 3. The largest absolute Gasteiger partial charge is 0.294 e. The average molecular weight is 406 g/mol. The minimum atomic E-state index is -0.0157. The third-order valence-corrected chi connectivity index (χ3v) is 3.95. The number of pyridine rings is 1. The molecular weight excluding hydrogens is 397 g/mol. The van der Waals surface area contributed by atoms with Crippen LogP contribution in [0.3, 0.4) is 0 Å². The number of aryl methyl sites for hydroxylation is 1. The van der Waals surface area contributed by atoms with Crippen molar-refractivity contribution in [3.05, 3.63) is 54.4 Å². The van der Waals surface area contributed by atoms with E-state index in [-0.39, 0.29) is 5.56 Å². The Morgan fingerprint density at radius 3 is 2.94 bits per heavy atom. The molecule has 0 aliphatic carbocycles. The lowest BCUT2D eigenvalue weighted by molar-refractivity contribution is 0.721. The summed E-state index contributed by atoms with van der Waals surface area (Å²) < 4.78 is 3.14. The van der Waals surface area contributed by atoms with E-state index in [9.17, 15) is 4.79 Å². The van der Waals surface area contributed by atoms with Crippen LogP contribution in [-0.2, 0) is 6.54 Å². The lowest BCUT2D eigenvalue weighted by atomic mass is 10.3. The van der Waals surface area contributed by atoms with Crippen molar-refractivity contribution in [2.75, 3.05) is 0 Å². The predicted molar refractivity (Wildman–Crippen MR) is 77.0 cm³/mol. The highest BCUT2D eigenvalue weighted by Crippen LogP contribution is 2.10. The van der Waals surface area contributed by atoms with Crippen molar-refractivity contribution in [2.45, 2.75) is 13.5 Å². The van der Waals surface area contributed by atoms with Gasteiger partial charge in [-0.3, -0.25) is 14.3 Å². The maximum atomic E-state index is 12.0. The van der Waals surface area contributed by atoms with Gasteiger partial charge in [-0.15, -0.1) is 0 Å². The van der Waals surface area contributed by atoms with Crippen LogP contribution in [0.4, 0.5) is 0 Å². The number of halogens is 2. The van der Waals surface area contributed by atoms with E-state index in [0.29, 0.717) is 10.1 Å². The van der Waals surface area contributed by atoms with E-state index in [1.54, 1.807) is 23.3 Å². The van der Waals surface area contributed by atoms with E-state index in [0.717, 1.165) is 15.7 Å². The van der Waals surface area contributed by atoms with Crippen molar-refractivity contribution < 1.29 is 0 Å². The van der Waals surface area contributed by atoms with Crippen LogP contribution >= 0.6 is 38.5 Å². The van der Waals surface area contributed by atoms with Crippen molar-refractivity contribution in [1.29, 1.82) is 0 Å². The third kappa shape index (κ3) is 2.92. The summed E-state index contributed by atoms with van der Waals surface area (Å²) in [4.78, 5) is 20.2. The van der Waals surface area contributed by atoms with Crippen LogP contribution in [0.15, 0.2) is 34.1 Å². The first-order valence-electron chi connectivity index (χ1n) is 4.89. The fourth-order valence-electron chi connectivity index (χ4n) is 1.40. The molecule has 4 nitrogen and oxygen atoms in total. The molecule has 2 aromatic rings. The topological polar surface area (TPSA) is 47.8 Å². The van der Waals surface area contributed by atoms with Gasteiger partial charge in [-0.1, -0.05) is 0 Å². The van der Waals surface area contributed by atoms with Crippen LogP contribution in [0.2, 0.25) is 0 Å². The molecule has 0 spiro atoms. The van der Waals surface area contributed by atoms with E-state index in [2.05, 4.69) is 25.9 Å². The van der Waals surface area contributed by atoms with Gasteiger partial charge in [-0.05, 0) is 57.1 Å². The molecule has 0 fully saturated rings. The van der Waals surface area contributed by atoms with Gasteiger partial charge in [0.15, 0.2) is 0 Å². The number of rotatable bonds is 2. The molecule has 0 aliphatic rings. The summed E-state index contributed by atoms with van der Waals surface area (Å²) in [7, 11) is 0. The van der Waals surface area contributed by atoms with E-state index >= 15 is 0 Å². The summed E-state index contributed by atoms with van der Waals surface area (Å²) in [5.74, 6) is 0. The number of hydrogen-bond donors (Lipinski definition) is 0. The predicted octanol–water partition coefficient (Wildman–Crippen LogP) is 2.36. The highest BCUT2D eigenvalue weighted by Gasteiger charge is 2.06. The molecule has 2 heterocycles. The van der Waals surface area contributed by atoms with E-state index in [1.165, 1.54) is 0 Å². The van der Waals surface area contributed by atoms with Crippen molar-refractivity contribution in [2.24, 2.45) is 0 Å². The van der Waals surface area contributed by atoms with Crippen LogP contribution < -0.4 is 5.56 Å². The molecular formula is C11H9BrIN3O. The first-order chi connectivity index (χ1) is 8.08. The van der Waals surface area contributed by atoms with Gasteiger partial charge < -0.3 is 0 Å². The Bertz CT molecular complexity index is 612. The molecule has 0 radical (unpaired) electrons. The summed E-state index contributed by atoms with van der Waals surface area (Å²) in [6.45, 7) is 2.31. The maximum absolute atomic E-state index is 12.0. The lowest BCUT2D eigenvalue weighted by Crippen LogP contribution is -2.24. The SMILES string of the molecule is Cc1ncn(Cc2cncc(Br)c2)c(=O)c1I. The fraction of sp³-hybridized carbons (Fsp3) is 0.182. The standard InChI is InChI=1S/C11H9BrIN3O/c1-7-10(13)11(17)16(6-15-7)5-8-2-9(12)4-14-3-8/h2-4,6H,5H2,1H3. The number of aromatic nitrogens is 3. The second-order valence-electron chi connectivity index (χ2n) is 3.59. The Balaban J connectivity index is 2.37. The van der Waals surface area contributed by atoms with Crippen molar-refractivity contribution in [1.82, 2.24) is 14.5 Å². The Labute approximate surface area is 120 Å². The molecule has 0 saturated heterocycles. The van der Waals surface area contributed by atoms with E-state index < -0.39 is 0 Å². The van der Waals surface area contributed by atoms with E-state index in [1.807, 2.05) is 35.6 Å². The molecule has 0 unspecified atom stereocenters. The van der Waals surface area contributed by atoms with Crippen molar-refractivity contribution in [3.63, 3.8) is 0 Å². The van der Waals surface area contributed by atoms with Crippen LogP contribution in [0.1, 0.15) is 11.3 Å². The fourth-order valence-corrected chi connectivity index (χ4v) is 2.26. The third-order valence-electron chi connectivity index (χ3n) is 2.27. The van der Waals surface area contributed by atoms with Gasteiger partial charge in [0.2, 0.25) is 0 Å². The highest BCUT2D eigenvalue weighted by atomic mass is 127. The van der Waals surface area contributed by atoms with Gasteiger partial charge in [-0.2, -0.15) is 0 Å². The van der Waals surface area contributed by atoms with Gasteiger partial charge in [-0.25, -0.2) is 4.98 Å². The molecule has 0 bridgehead atoms. The second kappa shape index (κ2) is 5.26. The molecule has 0 atom stereocenters. The monoisotopic (exact) mass is 405 g/mol. The molecule has 88 valence electrons. The summed E-state index contributed by atoms with van der Waals surface area (Å²) >= 11 is 5.38. The van der Waals surface area contributed by atoms with Crippen molar-refractivity contribution >= 4 is 38.5 Å². The second-order valence-corrected chi connectivity index (χ2v) is 5.58. The zero-order chi connectivity index (χ0) is 12.4. The Morgan fingerprint density at radius 2 is 2.24 bits per heavy atom. The summed E-state index contributed by atoms with van der Waals surface area (Å²) in [6, 6.07) is 1.94. The Morgan fingerprint density at radius 1 is 1.47 bits per heavy atom. The first kappa shape index (κ1) is 12.7. The summed E-state index contributed by atoms with van der Waals surface area (Å²) in [5, 5.41) is 0.